The number of anilines is 1. The molecule has 0 saturated carbocycles. The molecule has 1 N–H and O–H groups in total. The van der Waals surface area contributed by atoms with E-state index in [1.165, 1.54) is 30.6 Å². The zero-order valence-corrected chi connectivity index (χ0v) is 9.53. The topological polar surface area (TPSA) is 28.2 Å². The maximum atomic E-state index is 4.14. The summed E-state index contributed by atoms with van der Waals surface area (Å²) in [4.78, 5) is 6.60. The van der Waals surface area contributed by atoms with Crippen molar-refractivity contribution < 1.29 is 0 Å². The van der Waals surface area contributed by atoms with Crippen LogP contribution >= 0.6 is 0 Å². The SMILES string of the molecule is CNC1CCCN(c2ccncc2C)C1. The minimum absolute atomic E-state index is 0.631. The highest BCUT2D eigenvalue weighted by atomic mass is 15.2. The zero-order chi connectivity index (χ0) is 10.7. The van der Waals surface area contributed by atoms with Crippen LogP contribution in [0.2, 0.25) is 0 Å². The number of rotatable bonds is 2. The van der Waals surface area contributed by atoms with Crippen LogP contribution in [0.25, 0.3) is 0 Å². The first-order chi connectivity index (χ1) is 7.31. The Morgan fingerprint density at radius 2 is 2.40 bits per heavy atom. The predicted octanol–water partition coefficient (Wildman–Crippen LogP) is 1.58. The Morgan fingerprint density at radius 3 is 3.13 bits per heavy atom. The van der Waals surface area contributed by atoms with E-state index < -0.39 is 0 Å². The van der Waals surface area contributed by atoms with E-state index in [0.29, 0.717) is 6.04 Å². The van der Waals surface area contributed by atoms with E-state index in [4.69, 9.17) is 0 Å². The number of nitrogens with one attached hydrogen (secondary N) is 1. The molecule has 2 rings (SSSR count). The van der Waals surface area contributed by atoms with Crippen molar-refractivity contribution in [2.75, 3.05) is 25.0 Å². The Hall–Kier alpha value is -1.09. The van der Waals surface area contributed by atoms with Crippen LogP contribution in [0.15, 0.2) is 18.5 Å². The van der Waals surface area contributed by atoms with Crippen LogP contribution in [-0.4, -0.2) is 31.2 Å². The second-order valence-corrected chi connectivity index (χ2v) is 4.24. The lowest BCUT2D eigenvalue weighted by atomic mass is 10.0. The Kier molecular flexibility index (Phi) is 3.21. The van der Waals surface area contributed by atoms with Crippen LogP contribution in [0.1, 0.15) is 18.4 Å². The molecule has 82 valence electrons. The minimum atomic E-state index is 0.631. The summed E-state index contributed by atoms with van der Waals surface area (Å²) < 4.78 is 0. The van der Waals surface area contributed by atoms with Crippen molar-refractivity contribution in [2.45, 2.75) is 25.8 Å². The zero-order valence-electron chi connectivity index (χ0n) is 9.53. The number of hydrogen-bond donors (Lipinski definition) is 1. The number of likely N-dealkylation sites (N-methyl/N-ethyl adjacent to an activating group) is 1. The molecule has 3 nitrogen and oxygen atoms in total. The largest absolute Gasteiger partial charge is 0.370 e. The van der Waals surface area contributed by atoms with E-state index in [2.05, 4.69) is 28.2 Å². The van der Waals surface area contributed by atoms with Crippen LogP contribution in [0.4, 0.5) is 5.69 Å². The van der Waals surface area contributed by atoms with Crippen molar-refractivity contribution in [1.82, 2.24) is 10.3 Å². The first-order valence-corrected chi connectivity index (χ1v) is 5.64. The lowest BCUT2D eigenvalue weighted by Crippen LogP contribution is -2.44. The maximum Gasteiger partial charge on any atom is 0.0427 e. The smallest absolute Gasteiger partial charge is 0.0427 e. The van der Waals surface area contributed by atoms with Gasteiger partial charge in [0.25, 0.3) is 0 Å². The van der Waals surface area contributed by atoms with Gasteiger partial charge < -0.3 is 10.2 Å². The predicted molar refractivity (Wildman–Crippen MR) is 63.3 cm³/mol. The van der Waals surface area contributed by atoms with E-state index in [1.54, 1.807) is 0 Å². The van der Waals surface area contributed by atoms with Crippen LogP contribution in [0.5, 0.6) is 0 Å². The molecular formula is C12H19N3. The van der Waals surface area contributed by atoms with Gasteiger partial charge in [-0.1, -0.05) is 0 Å². The molecule has 15 heavy (non-hydrogen) atoms. The molecule has 0 aliphatic carbocycles. The highest BCUT2D eigenvalue weighted by Gasteiger charge is 2.19. The lowest BCUT2D eigenvalue weighted by molar-refractivity contribution is 0.449. The Bertz CT molecular complexity index is 324. The van der Waals surface area contributed by atoms with Gasteiger partial charge in [0, 0.05) is 37.2 Å². The number of aromatic nitrogens is 1. The van der Waals surface area contributed by atoms with E-state index in [0.717, 1.165) is 6.54 Å². The molecule has 2 heterocycles. The quantitative estimate of drug-likeness (QED) is 0.794. The van der Waals surface area contributed by atoms with Crippen molar-refractivity contribution in [1.29, 1.82) is 0 Å². The molecule has 0 aromatic carbocycles. The molecular weight excluding hydrogens is 186 g/mol. The summed E-state index contributed by atoms with van der Waals surface area (Å²) in [6, 6.07) is 2.75. The van der Waals surface area contributed by atoms with Crippen molar-refractivity contribution in [3.8, 4) is 0 Å². The van der Waals surface area contributed by atoms with Gasteiger partial charge in [-0.2, -0.15) is 0 Å². The molecule has 1 aromatic rings. The second kappa shape index (κ2) is 4.62. The van der Waals surface area contributed by atoms with E-state index in [9.17, 15) is 0 Å². The molecule has 1 saturated heterocycles. The maximum absolute atomic E-state index is 4.14. The van der Waals surface area contributed by atoms with Crippen molar-refractivity contribution >= 4 is 5.69 Å². The Morgan fingerprint density at radius 1 is 1.53 bits per heavy atom. The summed E-state index contributed by atoms with van der Waals surface area (Å²) in [5, 5.41) is 3.37. The molecule has 0 radical (unpaired) electrons. The second-order valence-electron chi connectivity index (χ2n) is 4.24. The fraction of sp³-hybridized carbons (Fsp3) is 0.583. The summed E-state index contributed by atoms with van der Waals surface area (Å²) in [5.74, 6) is 0. The normalized spacial score (nSPS) is 21.7. The van der Waals surface area contributed by atoms with Gasteiger partial charge in [0.2, 0.25) is 0 Å². The number of hydrogen-bond acceptors (Lipinski definition) is 3. The average molecular weight is 205 g/mol. The van der Waals surface area contributed by atoms with Crippen molar-refractivity contribution in [2.24, 2.45) is 0 Å². The first-order valence-electron chi connectivity index (χ1n) is 5.64. The Labute approximate surface area is 91.5 Å². The summed E-state index contributed by atoms with van der Waals surface area (Å²) in [5.41, 5.74) is 2.61. The summed E-state index contributed by atoms with van der Waals surface area (Å²) >= 11 is 0. The van der Waals surface area contributed by atoms with Gasteiger partial charge in [-0.25, -0.2) is 0 Å². The molecule has 3 heteroatoms. The van der Waals surface area contributed by atoms with E-state index >= 15 is 0 Å². The number of pyridine rings is 1. The van der Waals surface area contributed by atoms with Crippen LogP contribution in [0, 0.1) is 6.92 Å². The van der Waals surface area contributed by atoms with Crippen molar-refractivity contribution in [3.05, 3.63) is 24.0 Å². The van der Waals surface area contributed by atoms with Gasteiger partial charge in [-0.05, 0) is 38.4 Å². The average Bonchev–Trinajstić information content (AvgIpc) is 2.30. The summed E-state index contributed by atoms with van der Waals surface area (Å²) in [6.07, 6.45) is 6.38. The third-order valence-corrected chi connectivity index (χ3v) is 3.16. The van der Waals surface area contributed by atoms with Gasteiger partial charge in [0.15, 0.2) is 0 Å². The fourth-order valence-corrected chi connectivity index (χ4v) is 2.25. The van der Waals surface area contributed by atoms with Crippen molar-refractivity contribution in [3.63, 3.8) is 0 Å². The number of nitrogens with zero attached hydrogens (tertiary/aromatic N) is 2. The van der Waals surface area contributed by atoms with Gasteiger partial charge in [0.1, 0.15) is 0 Å². The fourth-order valence-electron chi connectivity index (χ4n) is 2.25. The molecule has 1 aliphatic heterocycles. The highest BCUT2D eigenvalue weighted by Crippen LogP contribution is 2.22. The Balaban J connectivity index is 2.13. The standard InChI is InChI=1S/C12H19N3/c1-10-8-14-6-5-12(10)15-7-3-4-11(9-15)13-2/h5-6,8,11,13H,3-4,7,9H2,1-2H3. The molecule has 0 spiro atoms. The molecule has 1 aromatic heterocycles. The van der Waals surface area contributed by atoms with E-state index in [-0.39, 0.29) is 0 Å². The van der Waals surface area contributed by atoms with Gasteiger partial charge in [-0.3, -0.25) is 4.98 Å². The van der Waals surface area contributed by atoms with Crippen LogP contribution < -0.4 is 10.2 Å². The van der Waals surface area contributed by atoms with Gasteiger partial charge in [0.05, 0.1) is 0 Å². The van der Waals surface area contributed by atoms with Crippen LogP contribution in [-0.2, 0) is 0 Å². The summed E-state index contributed by atoms with van der Waals surface area (Å²) in [7, 11) is 2.05. The highest BCUT2D eigenvalue weighted by molar-refractivity contribution is 5.51. The molecule has 0 bridgehead atoms. The third-order valence-electron chi connectivity index (χ3n) is 3.16. The molecule has 0 amide bonds. The van der Waals surface area contributed by atoms with Crippen LogP contribution in [0.3, 0.4) is 0 Å². The summed E-state index contributed by atoms with van der Waals surface area (Å²) in [6.45, 7) is 4.41. The first kappa shape index (κ1) is 10.4. The number of piperidine rings is 1. The molecule has 1 unspecified atom stereocenters. The van der Waals surface area contributed by atoms with Gasteiger partial charge >= 0.3 is 0 Å². The molecule has 1 atom stereocenters. The molecule has 1 aliphatic rings. The van der Waals surface area contributed by atoms with Gasteiger partial charge in [-0.15, -0.1) is 0 Å². The molecule has 1 fully saturated rings. The third kappa shape index (κ3) is 2.29. The van der Waals surface area contributed by atoms with E-state index in [1.807, 2.05) is 19.4 Å². The minimum Gasteiger partial charge on any atom is -0.370 e. The lowest BCUT2D eigenvalue weighted by Gasteiger charge is -2.35. The monoisotopic (exact) mass is 205 g/mol. The number of aryl methyl sites for hydroxylation is 1.